The highest BCUT2D eigenvalue weighted by atomic mass is 16.4. The van der Waals surface area contributed by atoms with Gasteiger partial charge in [0.25, 0.3) is 0 Å². The van der Waals surface area contributed by atoms with Crippen molar-refractivity contribution in [3.05, 3.63) is 35.9 Å². The Hall–Kier alpha value is -3.55. The van der Waals surface area contributed by atoms with Gasteiger partial charge in [0.2, 0.25) is 23.6 Å². The zero-order chi connectivity index (χ0) is 28.0. The third-order valence-electron chi connectivity index (χ3n) is 5.61. The second kappa shape index (κ2) is 16.2. The minimum Gasteiger partial charge on any atom is -0.480 e. The van der Waals surface area contributed by atoms with Crippen LogP contribution in [0.25, 0.3) is 0 Å². The Labute approximate surface area is 215 Å². The molecule has 11 N–H and O–H groups in total. The summed E-state index contributed by atoms with van der Waals surface area (Å²) in [6.07, 6.45) is -0.399. The molecule has 0 fully saturated rings. The van der Waals surface area contributed by atoms with Crippen molar-refractivity contribution in [2.75, 3.05) is 6.54 Å². The van der Waals surface area contributed by atoms with Crippen LogP contribution in [-0.2, 0) is 30.4 Å². The van der Waals surface area contributed by atoms with Crippen LogP contribution in [0.1, 0.15) is 44.6 Å². The van der Waals surface area contributed by atoms with Gasteiger partial charge in [-0.15, -0.1) is 0 Å². The summed E-state index contributed by atoms with van der Waals surface area (Å²) in [6, 6.07) is 3.70. The summed E-state index contributed by atoms with van der Waals surface area (Å²) in [5, 5.41) is 26.5. The first kappa shape index (κ1) is 31.5. The summed E-state index contributed by atoms with van der Waals surface area (Å²) in [7, 11) is 0. The maximum atomic E-state index is 13.1. The normalized spacial score (nSPS) is 14.9. The monoisotopic (exact) mass is 522 g/mol. The average Bonchev–Trinajstić information content (AvgIpc) is 2.85. The van der Waals surface area contributed by atoms with E-state index in [2.05, 4.69) is 16.0 Å². The highest BCUT2D eigenvalue weighted by Crippen LogP contribution is 2.08. The lowest BCUT2D eigenvalue weighted by atomic mass is 10.0. The highest BCUT2D eigenvalue weighted by Gasteiger charge is 2.31. The topological polar surface area (TPSA) is 240 Å². The SMILES string of the molecule is CC(O)C(N)C(=O)NC(CCC(N)=O)C(=O)NC(Cc1ccccc1)C(=O)NC(CCCCN)C(=O)O. The van der Waals surface area contributed by atoms with Crippen molar-refractivity contribution in [2.24, 2.45) is 17.2 Å². The van der Waals surface area contributed by atoms with Gasteiger partial charge in [0.15, 0.2) is 0 Å². The van der Waals surface area contributed by atoms with E-state index in [-0.39, 0.29) is 25.7 Å². The number of hydrogen-bond donors (Lipinski definition) is 8. The molecule has 0 radical (unpaired) electrons. The second-order valence-corrected chi connectivity index (χ2v) is 8.77. The molecule has 0 heterocycles. The number of nitrogens with two attached hydrogens (primary N) is 3. The van der Waals surface area contributed by atoms with Gasteiger partial charge < -0.3 is 43.4 Å². The fourth-order valence-corrected chi connectivity index (χ4v) is 3.40. The molecule has 37 heavy (non-hydrogen) atoms. The van der Waals surface area contributed by atoms with Crippen molar-refractivity contribution in [2.45, 2.75) is 75.7 Å². The van der Waals surface area contributed by atoms with E-state index in [9.17, 15) is 34.2 Å². The lowest BCUT2D eigenvalue weighted by Crippen LogP contribution is -2.58. The van der Waals surface area contributed by atoms with E-state index in [1.807, 2.05) is 0 Å². The summed E-state index contributed by atoms with van der Waals surface area (Å²) < 4.78 is 0. The molecule has 0 saturated heterocycles. The second-order valence-electron chi connectivity index (χ2n) is 8.77. The number of rotatable bonds is 17. The Kier molecular flexibility index (Phi) is 13.8. The average molecular weight is 523 g/mol. The molecule has 0 aliphatic carbocycles. The molecule has 1 rings (SSSR count). The molecule has 1 aromatic carbocycles. The Morgan fingerprint density at radius 1 is 0.865 bits per heavy atom. The zero-order valence-corrected chi connectivity index (χ0v) is 20.9. The molecule has 0 bridgehead atoms. The summed E-state index contributed by atoms with van der Waals surface area (Å²) in [5.41, 5.74) is 17.0. The van der Waals surface area contributed by atoms with Crippen molar-refractivity contribution in [3.63, 3.8) is 0 Å². The molecule has 0 aliphatic heterocycles. The first-order valence-electron chi connectivity index (χ1n) is 12.1. The summed E-state index contributed by atoms with van der Waals surface area (Å²) in [6.45, 7) is 1.68. The number of carboxylic acids is 1. The van der Waals surface area contributed by atoms with E-state index in [4.69, 9.17) is 17.2 Å². The minimum atomic E-state index is -1.34. The number of hydrogen-bond acceptors (Lipinski definition) is 8. The molecule has 4 amide bonds. The van der Waals surface area contributed by atoms with Crippen LogP contribution in [0.5, 0.6) is 0 Å². The van der Waals surface area contributed by atoms with Crippen LogP contribution >= 0.6 is 0 Å². The molecule has 1 aromatic rings. The predicted molar refractivity (Wildman–Crippen MR) is 135 cm³/mol. The molecule has 0 saturated carbocycles. The number of carbonyl (C=O) groups excluding carboxylic acids is 4. The van der Waals surface area contributed by atoms with E-state index >= 15 is 0 Å². The summed E-state index contributed by atoms with van der Waals surface area (Å²) in [4.78, 5) is 61.6. The van der Waals surface area contributed by atoms with E-state index in [0.717, 1.165) is 0 Å². The number of aliphatic carboxylic acids is 1. The number of primary amides is 1. The first-order valence-corrected chi connectivity index (χ1v) is 12.1. The number of amides is 4. The molecule has 0 aliphatic rings. The van der Waals surface area contributed by atoms with E-state index in [1.165, 1.54) is 6.92 Å². The van der Waals surface area contributed by atoms with Crippen molar-refractivity contribution in [3.8, 4) is 0 Å². The summed E-state index contributed by atoms with van der Waals surface area (Å²) in [5.74, 6) is -4.33. The number of aliphatic hydroxyl groups is 1. The van der Waals surface area contributed by atoms with Crippen LogP contribution < -0.4 is 33.2 Å². The van der Waals surface area contributed by atoms with Gasteiger partial charge in [-0.1, -0.05) is 30.3 Å². The highest BCUT2D eigenvalue weighted by molar-refractivity contribution is 5.94. The summed E-state index contributed by atoms with van der Waals surface area (Å²) >= 11 is 0. The van der Waals surface area contributed by atoms with Crippen molar-refractivity contribution in [1.82, 2.24) is 16.0 Å². The van der Waals surface area contributed by atoms with Crippen LogP contribution in [-0.4, -0.2) is 76.6 Å². The van der Waals surface area contributed by atoms with Crippen molar-refractivity contribution >= 4 is 29.6 Å². The Balaban J connectivity index is 3.12. The number of unbranched alkanes of at least 4 members (excludes halogenated alkanes) is 1. The van der Waals surface area contributed by atoms with Gasteiger partial charge in [0.05, 0.1) is 6.10 Å². The van der Waals surface area contributed by atoms with Gasteiger partial charge in [-0.25, -0.2) is 4.79 Å². The molecule has 0 aromatic heterocycles. The maximum Gasteiger partial charge on any atom is 0.326 e. The van der Waals surface area contributed by atoms with Gasteiger partial charge >= 0.3 is 5.97 Å². The van der Waals surface area contributed by atoms with Gasteiger partial charge in [-0.05, 0) is 44.7 Å². The fraction of sp³-hybridized carbons (Fsp3) is 0.542. The van der Waals surface area contributed by atoms with E-state index in [1.54, 1.807) is 30.3 Å². The van der Waals surface area contributed by atoms with Gasteiger partial charge in [0, 0.05) is 12.8 Å². The predicted octanol–water partition coefficient (Wildman–Crippen LogP) is -2.13. The lowest BCUT2D eigenvalue weighted by Gasteiger charge is -2.25. The van der Waals surface area contributed by atoms with Gasteiger partial charge in [-0.3, -0.25) is 19.2 Å². The quantitative estimate of drug-likeness (QED) is 0.104. The maximum absolute atomic E-state index is 13.1. The lowest BCUT2D eigenvalue weighted by molar-refractivity contribution is -0.142. The van der Waals surface area contributed by atoms with Crippen molar-refractivity contribution < 1.29 is 34.2 Å². The number of benzene rings is 1. The Morgan fingerprint density at radius 2 is 1.43 bits per heavy atom. The molecule has 5 atom stereocenters. The first-order chi connectivity index (χ1) is 17.5. The van der Waals surface area contributed by atoms with Gasteiger partial charge in [-0.2, -0.15) is 0 Å². The fourth-order valence-electron chi connectivity index (χ4n) is 3.40. The standard InChI is InChI=1S/C24H38N6O7/c1-14(31)20(27)23(35)28-16(10-11-19(26)32)21(33)30-18(13-15-7-3-2-4-8-15)22(34)29-17(24(36)37)9-5-6-12-25/h2-4,7-8,14,16-18,20,31H,5-6,9-13,25,27H2,1H3,(H2,26,32)(H,28,35)(H,29,34)(H,30,33)(H,36,37). The number of carboxylic acid groups (broad SMARTS) is 1. The van der Waals surface area contributed by atoms with Crippen LogP contribution in [0.3, 0.4) is 0 Å². The van der Waals surface area contributed by atoms with Crippen molar-refractivity contribution in [1.29, 1.82) is 0 Å². The number of nitrogens with one attached hydrogen (secondary N) is 3. The van der Waals surface area contributed by atoms with E-state index < -0.39 is 59.9 Å². The molecule has 5 unspecified atom stereocenters. The van der Waals surface area contributed by atoms with Gasteiger partial charge in [0.1, 0.15) is 24.2 Å². The molecule has 206 valence electrons. The molecular formula is C24H38N6O7. The Bertz CT molecular complexity index is 912. The molecule has 13 nitrogen and oxygen atoms in total. The zero-order valence-electron chi connectivity index (χ0n) is 20.9. The minimum absolute atomic E-state index is 0.0250. The largest absolute Gasteiger partial charge is 0.480 e. The van der Waals surface area contributed by atoms with Crippen LogP contribution in [0.15, 0.2) is 30.3 Å². The van der Waals surface area contributed by atoms with Crippen LogP contribution in [0, 0.1) is 0 Å². The number of carbonyl (C=O) groups is 5. The Morgan fingerprint density at radius 3 is 1.97 bits per heavy atom. The van der Waals surface area contributed by atoms with Crippen LogP contribution in [0.4, 0.5) is 0 Å². The van der Waals surface area contributed by atoms with Crippen LogP contribution in [0.2, 0.25) is 0 Å². The molecule has 13 heteroatoms. The third kappa shape index (κ3) is 11.8. The molecule has 0 spiro atoms. The molecular weight excluding hydrogens is 484 g/mol. The number of aliphatic hydroxyl groups excluding tert-OH is 1. The third-order valence-corrected chi connectivity index (χ3v) is 5.61. The smallest absolute Gasteiger partial charge is 0.326 e. The van der Waals surface area contributed by atoms with E-state index in [0.29, 0.717) is 24.9 Å².